The molecule has 0 radical (unpaired) electrons. The molecule has 2 aliphatic heterocycles. The number of hydrogen-bond acceptors (Lipinski definition) is 7. The molecule has 0 atom stereocenters. The van der Waals surface area contributed by atoms with E-state index < -0.39 is 0 Å². The predicted molar refractivity (Wildman–Crippen MR) is 154 cm³/mol. The lowest BCUT2D eigenvalue weighted by molar-refractivity contribution is 0.103. The first-order chi connectivity index (χ1) is 19.7. The number of fused-ring (bicyclic) bond motifs is 2. The number of aromatic amines is 1. The molecule has 2 aliphatic rings. The highest BCUT2D eigenvalue weighted by molar-refractivity contribution is 6.15. The number of aromatic nitrogens is 6. The molecule has 0 amide bonds. The molecule has 2 saturated heterocycles. The minimum Gasteiger partial charge on any atom is -0.356 e. The quantitative estimate of drug-likeness (QED) is 0.317. The number of hydrogen-bond donors (Lipinski definition) is 1. The zero-order valence-corrected chi connectivity index (χ0v) is 22.4. The Hall–Kier alpha value is -4.31. The molecule has 5 aromatic rings. The van der Waals surface area contributed by atoms with Gasteiger partial charge in [-0.15, -0.1) is 0 Å². The summed E-state index contributed by atoms with van der Waals surface area (Å²) in [7, 11) is 0. The third-order valence-corrected chi connectivity index (χ3v) is 8.42. The monoisotopic (exact) mass is 536 g/mol. The summed E-state index contributed by atoms with van der Waals surface area (Å²) in [6, 6.07) is 13.8. The summed E-state index contributed by atoms with van der Waals surface area (Å²) >= 11 is 0. The smallest absolute Gasteiger partial charge is 0.327 e. The lowest BCUT2D eigenvalue weighted by atomic mass is 10.0. The number of imidazole rings is 1. The second-order valence-corrected chi connectivity index (χ2v) is 10.8. The number of benzene rings is 1. The summed E-state index contributed by atoms with van der Waals surface area (Å²) < 4.78 is 4.03. The van der Waals surface area contributed by atoms with Crippen molar-refractivity contribution < 1.29 is 4.79 Å². The Bertz CT molecular complexity index is 1740. The molecule has 0 aliphatic carbocycles. The molecule has 2 fully saturated rings. The highest BCUT2D eigenvalue weighted by Crippen LogP contribution is 2.28. The van der Waals surface area contributed by atoms with E-state index in [0.29, 0.717) is 16.9 Å². The fourth-order valence-corrected chi connectivity index (χ4v) is 6.32. The van der Waals surface area contributed by atoms with Gasteiger partial charge in [-0.05, 0) is 57.0 Å². The average molecular weight is 537 g/mol. The van der Waals surface area contributed by atoms with Crippen LogP contribution in [0.2, 0.25) is 0 Å². The number of piperidine rings is 1. The van der Waals surface area contributed by atoms with Gasteiger partial charge in [0.2, 0.25) is 5.78 Å². The molecule has 10 heteroatoms. The predicted octanol–water partition coefficient (Wildman–Crippen LogP) is 3.64. The fraction of sp³-hybridized carbons (Fsp3) is 0.367. The van der Waals surface area contributed by atoms with E-state index in [1.54, 1.807) is 12.3 Å². The maximum atomic E-state index is 13.8. The molecule has 10 nitrogen and oxygen atoms in total. The number of para-hydroxylation sites is 1. The number of anilines is 1. The summed E-state index contributed by atoms with van der Waals surface area (Å²) in [6.07, 6.45) is 9.28. The number of carbonyl (C=O) groups excluding carboxylic acids is 1. The van der Waals surface area contributed by atoms with E-state index >= 15 is 0 Å². The van der Waals surface area contributed by atoms with Gasteiger partial charge >= 0.3 is 5.69 Å². The van der Waals surface area contributed by atoms with Crippen molar-refractivity contribution in [1.29, 1.82) is 0 Å². The van der Waals surface area contributed by atoms with Crippen LogP contribution in [0.15, 0.2) is 66.0 Å². The van der Waals surface area contributed by atoms with E-state index in [1.807, 2.05) is 41.1 Å². The Labute approximate surface area is 231 Å². The van der Waals surface area contributed by atoms with Crippen molar-refractivity contribution in [3.8, 4) is 0 Å². The van der Waals surface area contributed by atoms with Gasteiger partial charge in [0.05, 0.1) is 5.52 Å². The molecule has 0 bridgehead atoms. The third kappa shape index (κ3) is 4.48. The van der Waals surface area contributed by atoms with Gasteiger partial charge in [0.1, 0.15) is 17.8 Å². The van der Waals surface area contributed by atoms with Gasteiger partial charge in [-0.2, -0.15) is 0 Å². The topological polar surface area (TPSA) is 105 Å². The molecule has 4 aromatic heterocycles. The number of pyridine rings is 1. The Morgan fingerprint density at radius 1 is 0.925 bits per heavy atom. The van der Waals surface area contributed by atoms with Crippen LogP contribution in [0.5, 0.6) is 0 Å². The maximum absolute atomic E-state index is 13.8. The number of likely N-dealkylation sites (tertiary alicyclic amines) is 1. The van der Waals surface area contributed by atoms with Crippen LogP contribution in [0.25, 0.3) is 22.1 Å². The molecule has 6 heterocycles. The summed E-state index contributed by atoms with van der Waals surface area (Å²) in [5.74, 6) is 0.648. The van der Waals surface area contributed by atoms with Crippen LogP contribution in [-0.2, 0) is 6.54 Å². The molecular formula is C30H32N8O2. The van der Waals surface area contributed by atoms with Crippen LogP contribution >= 0.6 is 0 Å². The van der Waals surface area contributed by atoms with Crippen molar-refractivity contribution in [2.75, 3.05) is 37.6 Å². The van der Waals surface area contributed by atoms with E-state index in [2.05, 4.69) is 40.4 Å². The lowest BCUT2D eigenvalue weighted by Gasteiger charge is -2.33. The molecule has 1 aromatic carbocycles. The highest BCUT2D eigenvalue weighted by atomic mass is 16.1. The molecule has 0 unspecified atom stereocenters. The van der Waals surface area contributed by atoms with Crippen molar-refractivity contribution in [1.82, 2.24) is 34.0 Å². The van der Waals surface area contributed by atoms with Crippen LogP contribution in [0, 0.1) is 0 Å². The second-order valence-electron chi connectivity index (χ2n) is 10.8. The van der Waals surface area contributed by atoms with Crippen LogP contribution in [0.1, 0.15) is 47.8 Å². The van der Waals surface area contributed by atoms with Crippen LogP contribution in [0.4, 0.5) is 5.82 Å². The molecule has 7 rings (SSSR count). The van der Waals surface area contributed by atoms with Gasteiger partial charge in [-0.1, -0.05) is 18.2 Å². The van der Waals surface area contributed by atoms with E-state index in [9.17, 15) is 9.59 Å². The van der Waals surface area contributed by atoms with E-state index in [0.717, 1.165) is 74.3 Å². The zero-order valence-electron chi connectivity index (χ0n) is 22.4. The molecule has 0 saturated carbocycles. The first-order valence-corrected chi connectivity index (χ1v) is 14.1. The summed E-state index contributed by atoms with van der Waals surface area (Å²) in [6.45, 7) is 5.60. The standard InChI is InChI=1S/C30H32N8O2/c39-28(23-19-37(17-16-35-12-3-4-13-35)25-7-2-1-6-22(23)25)24-18-27(33-20-32-24)36-14-9-21(10-15-36)38-26-8-5-11-31-29(26)34-30(38)40/h1-2,5-8,11,18-21H,3-4,9-10,12-17H2,(H,31,34,40). The third-order valence-electron chi connectivity index (χ3n) is 8.42. The van der Waals surface area contributed by atoms with Crippen molar-refractivity contribution in [2.45, 2.75) is 38.3 Å². The van der Waals surface area contributed by atoms with E-state index in [1.165, 1.54) is 19.2 Å². The SMILES string of the molecule is O=C(c1cc(N2CCC(n3c(=O)[nH]c4ncccc43)CC2)ncn1)c1cn(CCN2CCCC2)c2ccccc12. The fourth-order valence-electron chi connectivity index (χ4n) is 6.32. The van der Waals surface area contributed by atoms with E-state index in [-0.39, 0.29) is 17.5 Å². The average Bonchev–Trinajstić information content (AvgIpc) is 3.73. The number of H-pyrrole nitrogens is 1. The van der Waals surface area contributed by atoms with Gasteiger partial charge in [0.25, 0.3) is 0 Å². The number of carbonyl (C=O) groups is 1. The summed E-state index contributed by atoms with van der Waals surface area (Å²) in [4.78, 5) is 47.1. The van der Waals surface area contributed by atoms with Gasteiger partial charge in [-0.3, -0.25) is 14.3 Å². The normalized spacial score (nSPS) is 16.9. The van der Waals surface area contributed by atoms with Crippen LogP contribution in [-0.4, -0.2) is 72.5 Å². The van der Waals surface area contributed by atoms with Gasteiger partial charge in [0.15, 0.2) is 5.65 Å². The Morgan fingerprint density at radius 2 is 1.73 bits per heavy atom. The molecule has 204 valence electrons. The first kappa shape index (κ1) is 24.7. The Morgan fingerprint density at radius 3 is 2.58 bits per heavy atom. The van der Waals surface area contributed by atoms with Gasteiger partial charge < -0.3 is 14.4 Å². The minimum atomic E-state index is -0.123. The van der Waals surface area contributed by atoms with Gasteiger partial charge in [-0.25, -0.2) is 19.7 Å². The van der Waals surface area contributed by atoms with E-state index in [4.69, 9.17) is 0 Å². The molecule has 1 N–H and O–H groups in total. The number of ketones is 1. The van der Waals surface area contributed by atoms with Crippen LogP contribution < -0.4 is 10.6 Å². The maximum Gasteiger partial charge on any atom is 0.327 e. The summed E-state index contributed by atoms with van der Waals surface area (Å²) in [5, 5.41) is 0.952. The largest absolute Gasteiger partial charge is 0.356 e. The number of rotatable bonds is 7. The Balaban J connectivity index is 1.10. The van der Waals surface area contributed by atoms with Crippen molar-refractivity contribution in [3.05, 3.63) is 82.9 Å². The lowest BCUT2D eigenvalue weighted by Crippen LogP contribution is -2.37. The Kier molecular flexibility index (Phi) is 6.39. The highest BCUT2D eigenvalue weighted by Gasteiger charge is 2.26. The van der Waals surface area contributed by atoms with Gasteiger partial charge in [0, 0.05) is 67.1 Å². The van der Waals surface area contributed by atoms with Crippen LogP contribution in [0.3, 0.4) is 0 Å². The second kappa shape index (κ2) is 10.3. The minimum absolute atomic E-state index is 0.0799. The first-order valence-electron chi connectivity index (χ1n) is 14.1. The molecule has 40 heavy (non-hydrogen) atoms. The van der Waals surface area contributed by atoms with Crippen molar-refractivity contribution >= 4 is 33.7 Å². The molecular weight excluding hydrogens is 504 g/mol. The molecule has 0 spiro atoms. The van der Waals surface area contributed by atoms with Crippen molar-refractivity contribution in [3.63, 3.8) is 0 Å². The number of nitrogens with zero attached hydrogens (tertiary/aromatic N) is 7. The zero-order chi connectivity index (χ0) is 27.1. The summed E-state index contributed by atoms with van der Waals surface area (Å²) in [5.41, 5.74) is 3.47. The van der Waals surface area contributed by atoms with Crippen molar-refractivity contribution in [2.24, 2.45) is 0 Å². The number of nitrogens with one attached hydrogen (secondary N) is 1.